The normalized spacial score (nSPS) is 17.7. The van der Waals surface area contributed by atoms with Gasteiger partial charge in [-0.15, -0.1) is 0 Å². The molecule has 2 aromatic carbocycles. The van der Waals surface area contributed by atoms with Gasteiger partial charge in [0.2, 0.25) is 0 Å². The molecule has 1 aliphatic rings. The number of carbonyl (C=O) groups excluding carboxylic acids is 2. The van der Waals surface area contributed by atoms with Gasteiger partial charge in [0.1, 0.15) is 11.5 Å². The summed E-state index contributed by atoms with van der Waals surface area (Å²) in [4.78, 5) is 25.5. The van der Waals surface area contributed by atoms with Crippen LogP contribution in [0.3, 0.4) is 0 Å². The molecule has 0 bridgehead atoms. The summed E-state index contributed by atoms with van der Waals surface area (Å²) < 4.78 is 11.8. The molecule has 2 amide bonds. The molecule has 1 saturated carbocycles. The van der Waals surface area contributed by atoms with Crippen LogP contribution >= 0.6 is 0 Å². The summed E-state index contributed by atoms with van der Waals surface area (Å²) in [5, 5.41) is 6.19. The summed E-state index contributed by atoms with van der Waals surface area (Å²) >= 11 is 0. The molecule has 2 N–H and O–H groups in total. The van der Waals surface area contributed by atoms with E-state index in [2.05, 4.69) is 62.6 Å². The van der Waals surface area contributed by atoms with Crippen molar-refractivity contribution in [1.29, 1.82) is 0 Å². The summed E-state index contributed by atoms with van der Waals surface area (Å²) in [6, 6.07) is 12.0. The molecule has 0 heterocycles. The van der Waals surface area contributed by atoms with Crippen molar-refractivity contribution in [3.8, 4) is 11.5 Å². The lowest BCUT2D eigenvalue weighted by molar-refractivity contribution is -0.127. The van der Waals surface area contributed by atoms with Crippen LogP contribution in [0, 0.1) is 13.8 Å². The number of rotatable bonds is 10. The molecule has 1 aliphatic carbocycles. The van der Waals surface area contributed by atoms with Crippen LogP contribution in [0.4, 0.5) is 0 Å². The van der Waals surface area contributed by atoms with E-state index in [9.17, 15) is 9.59 Å². The first kappa shape index (κ1) is 27.6. The minimum absolute atomic E-state index is 0.0468. The van der Waals surface area contributed by atoms with E-state index in [4.69, 9.17) is 9.47 Å². The quantitative estimate of drug-likeness (QED) is 0.454. The van der Waals surface area contributed by atoms with Crippen LogP contribution in [0.5, 0.6) is 11.5 Å². The summed E-state index contributed by atoms with van der Waals surface area (Å²) in [5.74, 6) is 1.77. The maximum Gasteiger partial charge on any atom is 0.258 e. The van der Waals surface area contributed by atoms with Gasteiger partial charge in [0.05, 0.1) is 0 Å². The van der Waals surface area contributed by atoms with Crippen molar-refractivity contribution >= 4 is 11.8 Å². The highest BCUT2D eigenvalue weighted by molar-refractivity contribution is 5.79. The molecule has 0 radical (unpaired) electrons. The third-order valence-electron chi connectivity index (χ3n) is 6.76. The summed E-state index contributed by atoms with van der Waals surface area (Å²) in [5.41, 5.74) is 4.37. The second-order valence-electron chi connectivity index (χ2n) is 10.6. The number of benzene rings is 2. The second kappa shape index (κ2) is 12.8. The van der Waals surface area contributed by atoms with Crippen molar-refractivity contribution in [2.24, 2.45) is 0 Å². The Bertz CT molecular complexity index is 964. The first-order valence-electron chi connectivity index (χ1n) is 13.2. The predicted octanol–water partition coefficient (Wildman–Crippen LogP) is 5.55. The van der Waals surface area contributed by atoms with Gasteiger partial charge < -0.3 is 20.1 Å². The lowest BCUT2D eigenvalue weighted by Crippen LogP contribution is -2.54. The number of nitrogens with one attached hydrogen (secondary N) is 2. The fraction of sp³-hybridized carbons (Fsp3) is 0.533. The van der Waals surface area contributed by atoms with Crippen molar-refractivity contribution in [2.45, 2.75) is 91.1 Å². The minimum atomic E-state index is -0.171. The minimum Gasteiger partial charge on any atom is -0.483 e. The zero-order chi connectivity index (χ0) is 26.2. The van der Waals surface area contributed by atoms with Gasteiger partial charge in [-0.2, -0.15) is 0 Å². The largest absolute Gasteiger partial charge is 0.483 e. The van der Waals surface area contributed by atoms with E-state index in [1.807, 2.05) is 26.0 Å². The van der Waals surface area contributed by atoms with E-state index in [0.717, 1.165) is 59.4 Å². The van der Waals surface area contributed by atoms with E-state index in [0.29, 0.717) is 11.8 Å². The third-order valence-corrected chi connectivity index (χ3v) is 6.76. The first-order chi connectivity index (χ1) is 17.1. The second-order valence-corrected chi connectivity index (χ2v) is 10.6. The standard InChI is InChI=1S/C30H42N2O4/c1-19(2)23-13-11-21(5)15-27(23)35-17-29(33)31-25-9-7-8-10-26(25)32-30(34)18-36-28-16-22(6)12-14-24(28)20(3)4/h11-16,19-20,25-26H,7-10,17-18H2,1-6H3,(H,31,33)(H,32,34)/t25-,26-/m0/s1. The highest BCUT2D eigenvalue weighted by atomic mass is 16.5. The van der Waals surface area contributed by atoms with E-state index < -0.39 is 0 Å². The van der Waals surface area contributed by atoms with Gasteiger partial charge in [-0.3, -0.25) is 9.59 Å². The Morgan fingerprint density at radius 1 is 0.750 bits per heavy atom. The monoisotopic (exact) mass is 494 g/mol. The number of hydrogen-bond donors (Lipinski definition) is 2. The van der Waals surface area contributed by atoms with Gasteiger partial charge in [-0.25, -0.2) is 0 Å². The Hall–Kier alpha value is -3.02. The molecule has 0 unspecified atom stereocenters. The number of hydrogen-bond acceptors (Lipinski definition) is 4. The zero-order valence-electron chi connectivity index (χ0n) is 22.6. The van der Waals surface area contributed by atoms with Crippen molar-refractivity contribution in [3.05, 3.63) is 58.7 Å². The molecule has 0 aromatic heterocycles. The molecule has 0 aliphatic heterocycles. The average molecular weight is 495 g/mol. The topological polar surface area (TPSA) is 76.7 Å². The lowest BCUT2D eigenvalue weighted by Gasteiger charge is -2.32. The highest BCUT2D eigenvalue weighted by Gasteiger charge is 2.28. The molecule has 196 valence electrons. The van der Waals surface area contributed by atoms with Gasteiger partial charge in [0, 0.05) is 12.1 Å². The fourth-order valence-corrected chi connectivity index (χ4v) is 4.75. The summed E-state index contributed by atoms with van der Waals surface area (Å²) in [7, 11) is 0. The van der Waals surface area contributed by atoms with Gasteiger partial charge in [-0.05, 0) is 72.9 Å². The van der Waals surface area contributed by atoms with Gasteiger partial charge in [0.15, 0.2) is 13.2 Å². The lowest BCUT2D eigenvalue weighted by atomic mass is 9.90. The van der Waals surface area contributed by atoms with E-state index in [1.165, 1.54) is 0 Å². The molecule has 36 heavy (non-hydrogen) atoms. The molecule has 0 saturated heterocycles. The molecule has 2 aromatic rings. The predicted molar refractivity (Wildman–Crippen MR) is 144 cm³/mol. The Kier molecular flexibility index (Phi) is 9.80. The number of aryl methyl sites for hydroxylation is 2. The van der Waals surface area contributed by atoms with Crippen LogP contribution in [0.1, 0.15) is 87.5 Å². The van der Waals surface area contributed by atoms with Crippen LogP contribution in [-0.4, -0.2) is 37.1 Å². The van der Waals surface area contributed by atoms with Crippen LogP contribution in [0.2, 0.25) is 0 Å². The van der Waals surface area contributed by atoms with Crippen LogP contribution in [0.25, 0.3) is 0 Å². The van der Waals surface area contributed by atoms with E-state index in [-0.39, 0.29) is 37.1 Å². The van der Waals surface area contributed by atoms with E-state index in [1.54, 1.807) is 0 Å². The molecule has 6 heteroatoms. The zero-order valence-corrected chi connectivity index (χ0v) is 22.6. The molecule has 1 fully saturated rings. The molecular weight excluding hydrogens is 452 g/mol. The Labute approximate surface area is 216 Å². The molecular formula is C30H42N2O4. The Morgan fingerprint density at radius 2 is 1.14 bits per heavy atom. The van der Waals surface area contributed by atoms with Crippen molar-refractivity contribution in [1.82, 2.24) is 10.6 Å². The molecule has 2 atom stereocenters. The highest BCUT2D eigenvalue weighted by Crippen LogP contribution is 2.28. The van der Waals surface area contributed by atoms with Crippen LogP contribution in [-0.2, 0) is 9.59 Å². The van der Waals surface area contributed by atoms with Crippen molar-refractivity contribution in [2.75, 3.05) is 13.2 Å². The SMILES string of the molecule is Cc1ccc(C(C)C)c(OCC(=O)N[C@H]2CCCC[C@@H]2NC(=O)COc2cc(C)ccc2C(C)C)c1. The molecule has 6 nitrogen and oxygen atoms in total. The Morgan fingerprint density at radius 3 is 1.50 bits per heavy atom. The average Bonchev–Trinajstić information content (AvgIpc) is 2.82. The number of amides is 2. The number of carbonyl (C=O) groups is 2. The maximum absolute atomic E-state index is 12.8. The fourth-order valence-electron chi connectivity index (χ4n) is 4.75. The maximum atomic E-state index is 12.8. The molecule has 3 rings (SSSR count). The summed E-state index contributed by atoms with van der Waals surface area (Å²) in [6.07, 6.45) is 3.69. The van der Waals surface area contributed by atoms with Crippen molar-refractivity contribution < 1.29 is 19.1 Å². The van der Waals surface area contributed by atoms with Gasteiger partial charge >= 0.3 is 0 Å². The number of ether oxygens (including phenoxy) is 2. The third kappa shape index (κ3) is 7.74. The van der Waals surface area contributed by atoms with Gasteiger partial charge in [0.25, 0.3) is 11.8 Å². The molecule has 0 spiro atoms. The van der Waals surface area contributed by atoms with Gasteiger partial charge in [-0.1, -0.05) is 64.8 Å². The van der Waals surface area contributed by atoms with E-state index >= 15 is 0 Å². The Balaban J connectivity index is 1.54. The van der Waals surface area contributed by atoms with Crippen LogP contribution in [0.15, 0.2) is 36.4 Å². The van der Waals surface area contributed by atoms with Crippen molar-refractivity contribution in [3.63, 3.8) is 0 Å². The smallest absolute Gasteiger partial charge is 0.258 e. The first-order valence-corrected chi connectivity index (χ1v) is 13.2. The summed E-state index contributed by atoms with van der Waals surface area (Å²) in [6.45, 7) is 12.4. The van der Waals surface area contributed by atoms with Crippen LogP contribution < -0.4 is 20.1 Å².